The molecule has 1 aliphatic rings. The second kappa shape index (κ2) is 4.94. The molecule has 0 bridgehead atoms. The standard InChI is InChI=1S/C14H22FN3/c1-10(12-5-4-11(15)8-17-12)18-7-6-13(16)14(2,3)9-18/h4-5,8,10,13H,6-7,9,16H2,1-3H3. The van der Waals surface area contributed by atoms with Crippen LogP contribution in [0.15, 0.2) is 18.3 Å². The molecule has 2 N–H and O–H groups in total. The van der Waals surface area contributed by atoms with Crippen LogP contribution in [0.2, 0.25) is 0 Å². The first kappa shape index (κ1) is 13.4. The fourth-order valence-corrected chi connectivity index (χ4v) is 2.57. The lowest BCUT2D eigenvalue weighted by molar-refractivity contribution is 0.0650. The van der Waals surface area contributed by atoms with Crippen molar-refractivity contribution in [2.45, 2.75) is 39.3 Å². The maximum absolute atomic E-state index is 12.9. The quantitative estimate of drug-likeness (QED) is 0.877. The van der Waals surface area contributed by atoms with E-state index < -0.39 is 0 Å². The number of pyridine rings is 1. The first-order chi connectivity index (χ1) is 8.40. The van der Waals surface area contributed by atoms with Gasteiger partial charge in [0, 0.05) is 25.2 Å². The zero-order chi connectivity index (χ0) is 13.3. The van der Waals surface area contributed by atoms with E-state index in [-0.39, 0.29) is 23.3 Å². The molecule has 0 aromatic carbocycles. The molecule has 1 saturated heterocycles. The van der Waals surface area contributed by atoms with Gasteiger partial charge in [0.15, 0.2) is 0 Å². The summed E-state index contributed by atoms with van der Waals surface area (Å²) in [6.45, 7) is 8.45. The summed E-state index contributed by atoms with van der Waals surface area (Å²) in [5.41, 5.74) is 7.18. The Bertz CT molecular complexity index is 402. The third-order valence-electron chi connectivity index (χ3n) is 4.07. The van der Waals surface area contributed by atoms with Crippen LogP contribution >= 0.6 is 0 Å². The van der Waals surface area contributed by atoms with Crippen molar-refractivity contribution in [1.29, 1.82) is 0 Å². The first-order valence-electron chi connectivity index (χ1n) is 6.51. The molecule has 0 saturated carbocycles. The zero-order valence-electron chi connectivity index (χ0n) is 11.4. The predicted octanol–water partition coefficient (Wildman–Crippen LogP) is 2.34. The van der Waals surface area contributed by atoms with Crippen molar-refractivity contribution in [3.05, 3.63) is 29.8 Å². The number of hydrogen-bond acceptors (Lipinski definition) is 3. The van der Waals surface area contributed by atoms with Gasteiger partial charge in [-0.2, -0.15) is 0 Å². The highest BCUT2D eigenvalue weighted by atomic mass is 19.1. The summed E-state index contributed by atoms with van der Waals surface area (Å²) in [7, 11) is 0. The van der Waals surface area contributed by atoms with Gasteiger partial charge in [0.2, 0.25) is 0 Å². The lowest BCUT2D eigenvalue weighted by Crippen LogP contribution is -2.52. The molecule has 1 aromatic rings. The molecule has 4 heteroatoms. The molecule has 0 radical (unpaired) electrons. The number of halogens is 1. The minimum Gasteiger partial charge on any atom is -0.327 e. The second-order valence-corrected chi connectivity index (χ2v) is 5.93. The Hall–Kier alpha value is -1.00. The van der Waals surface area contributed by atoms with E-state index in [4.69, 9.17) is 5.73 Å². The van der Waals surface area contributed by atoms with Gasteiger partial charge < -0.3 is 5.73 Å². The van der Waals surface area contributed by atoms with Crippen molar-refractivity contribution in [3.8, 4) is 0 Å². The summed E-state index contributed by atoms with van der Waals surface area (Å²) >= 11 is 0. The fraction of sp³-hybridized carbons (Fsp3) is 0.643. The van der Waals surface area contributed by atoms with Crippen LogP contribution in [-0.4, -0.2) is 29.0 Å². The van der Waals surface area contributed by atoms with Gasteiger partial charge in [-0.05, 0) is 30.9 Å². The number of likely N-dealkylation sites (tertiary alicyclic amines) is 1. The Kier molecular flexibility index (Phi) is 3.69. The van der Waals surface area contributed by atoms with Crippen molar-refractivity contribution in [2.24, 2.45) is 11.1 Å². The monoisotopic (exact) mass is 251 g/mol. The lowest BCUT2D eigenvalue weighted by atomic mass is 9.79. The molecule has 0 aliphatic carbocycles. The van der Waals surface area contributed by atoms with Crippen molar-refractivity contribution in [3.63, 3.8) is 0 Å². The van der Waals surface area contributed by atoms with Crippen LogP contribution in [0.4, 0.5) is 4.39 Å². The summed E-state index contributed by atoms with van der Waals surface area (Å²) in [4.78, 5) is 6.55. The van der Waals surface area contributed by atoms with E-state index in [1.54, 1.807) is 6.07 Å². The number of aromatic nitrogens is 1. The Morgan fingerprint density at radius 1 is 1.50 bits per heavy atom. The van der Waals surface area contributed by atoms with E-state index in [0.717, 1.165) is 25.2 Å². The molecule has 2 unspecified atom stereocenters. The van der Waals surface area contributed by atoms with Crippen molar-refractivity contribution >= 4 is 0 Å². The third-order valence-corrected chi connectivity index (χ3v) is 4.07. The van der Waals surface area contributed by atoms with E-state index in [1.807, 2.05) is 0 Å². The predicted molar refractivity (Wildman–Crippen MR) is 70.6 cm³/mol. The highest BCUT2D eigenvalue weighted by molar-refractivity contribution is 5.10. The van der Waals surface area contributed by atoms with Crippen LogP contribution in [0, 0.1) is 11.2 Å². The lowest BCUT2D eigenvalue weighted by Gasteiger charge is -2.44. The molecular formula is C14H22FN3. The summed E-state index contributed by atoms with van der Waals surface area (Å²) in [6.07, 6.45) is 2.28. The van der Waals surface area contributed by atoms with E-state index in [0.29, 0.717) is 0 Å². The van der Waals surface area contributed by atoms with Gasteiger partial charge in [-0.3, -0.25) is 9.88 Å². The maximum Gasteiger partial charge on any atom is 0.141 e. The molecule has 3 nitrogen and oxygen atoms in total. The SMILES string of the molecule is CC(c1ccc(F)cn1)N1CCC(N)C(C)(C)C1. The average molecular weight is 251 g/mol. The molecule has 0 spiro atoms. The van der Waals surface area contributed by atoms with Gasteiger partial charge in [-0.25, -0.2) is 4.39 Å². The Balaban J connectivity index is 2.10. The Labute approximate surface area is 108 Å². The van der Waals surface area contributed by atoms with Crippen molar-refractivity contribution < 1.29 is 4.39 Å². The largest absolute Gasteiger partial charge is 0.327 e. The summed E-state index contributed by atoms with van der Waals surface area (Å²) in [5.74, 6) is -0.285. The smallest absolute Gasteiger partial charge is 0.141 e. The van der Waals surface area contributed by atoms with Gasteiger partial charge in [-0.1, -0.05) is 13.8 Å². The van der Waals surface area contributed by atoms with E-state index in [9.17, 15) is 4.39 Å². The highest BCUT2D eigenvalue weighted by Gasteiger charge is 2.35. The maximum atomic E-state index is 12.9. The molecule has 1 aliphatic heterocycles. The van der Waals surface area contributed by atoms with Crippen molar-refractivity contribution in [2.75, 3.05) is 13.1 Å². The normalized spacial score (nSPS) is 25.9. The van der Waals surface area contributed by atoms with Crippen molar-refractivity contribution in [1.82, 2.24) is 9.88 Å². The summed E-state index contributed by atoms with van der Waals surface area (Å²) < 4.78 is 12.9. The highest BCUT2D eigenvalue weighted by Crippen LogP contribution is 2.32. The molecule has 2 heterocycles. The van der Waals surface area contributed by atoms with Gasteiger partial charge in [0.1, 0.15) is 5.82 Å². The number of hydrogen-bond donors (Lipinski definition) is 1. The van der Waals surface area contributed by atoms with Gasteiger partial charge >= 0.3 is 0 Å². The molecule has 2 atom stereocenters. The first-order valence-corrected chi connectivity index (χ1v) is 6.51. The molecule has 100 valence electrons. The molecule has 2 rings (SSSR count). The third kappa shape index (κ3) is 2.70. The number of rotatable bonds is 2. The fourth-order valence-electron chi connectivity index (χ4n) is 2.57. The minimum atomic E-state index is -0.285. The van der Waals surface area contributed by atoms with Crippen LogP contribution in [0.5, 0.6) is 0 Å². The van der Waals surface area contributed by atoms with Crippen LogP contribution < -0.4 is 5.73 Å². The molecule has 0 amide bonds. The van der Waals surface area contributed by atoms with E-state index in [2.05, 4.69) is 30.7 Å². The molecule has 18 heavy (non-hydrogen) atoms. The summed E-state index contributed by atoms with van der Waals surface area (Å²) in [6, 6.07) is 3.70. The second-order valence-electron chi connectivity index (χ2n) is 5.93. The van der Waals surface area contributed by atoms with Gasteiger partial charge in [-0.15, -0.1) is 0 Å². The van der Waals surface area contributed by atoms with Gasteiger partial charge in [0.25, 0.3) is 0 Å². The number of piperidine rings is 1. The van der Waals surface area contributed by atoms with Crippen LogP contribution in [-0.2, 0) is 0 Å². The molecular weight excluding hydrogens is 229 g/mol. The number of nitrogens with zero attached hydrogens (tertiary/aromatic N) is 2. The van der Waals surface area contributed by atoms with Gasteiger partial charge in [0.05, 0.1) is 11.9 Å². The van der Waals surface area contributed by atoms with Crippen LogP contribution in [0.1, 0.15) is 38.9 Å². The van der Waals surface area contributed by atoms with E-state index in [1.165, 1.54) is 12.3 Å². The van der Waals surface area contributed by atoms with E-state index >= 15 is 0 Å². The topological polar surface area (TPSA) is 42.2 Å². The Morgan fingerprint density at radius 3 is 2.78 bits per heavy atom. The zero-order valence-corrected chi connectivity index (χ0v) is 11.4. The number of nitrogens with two attached hydrogens (primary N) is 1. The summed E-state index contributed by atoms with van der Waals surface area (Å²) in [5, 5.41) is 0. The van der Waals surface area contributed by atoms with Crippen LogP contribution in [0.25, 0.3) is 0 Å². The molecule has 1 fully saturated rings. The van der Waals surface area contributed by atoms with Crippen LogP contribution in [0.3, 0.4) is 0 Å². The minimum absolute atomic E-state index is 0.118. The molecule has 1 aromatic heterocycles. The Morgan fingerprint density at radius 2 is 2.22 bits per heavy atom. The average Bonchev–Trinajstić information content (AvgIpc) is 2.33.